The lowest BCUT2D eigenvalue weighted by molar-refractivity contribution is -0.121. The summed E-state index contributed by atoms with van der Waals surface area (Å²) < 4.78 is 1.97. The van der Waals surface area contributed by atoms with Gasteiger partial charge < -0.3 is 9.88 Å². The van der Waals surface area contributed by atoms with Crippen molar-refractivity contribution >= 4 is 16.8 Å². The predicted octanol–water partition coefficient (Wildman–Crippen LogP) is 2.47. The monoisotopic (exact) mass is 292 g/mol. The first-order valence-electron chi connectivity index (χ1n) is 7.41. The van der Waals surface area contributed by atoms with Crippen LogP contribution < -0.4 is 5.32 Å². The van der Waals surface area contributed by atoms with E-state index in [-0.39, 0.29) is 11.9 Å². The van der Waals surface area contributed by atoms with Crippen LogP contribution in [0.1, 0.15) is 18.0 Å². The minimum Gasteiger partial charge on any atom is -0.354 e. The van der Waals surface area contributed by atoms with Crippen LogP contribution in [0.25, 0.3) is 22.3 Å². The van der Waals surface area contributed by atoms with E-state index < -0.39 is 0 Å². The maximum absolute atomic E-state index is 12.0. The minimum atomic E-state index is -0.175. The van der Waals surface area contributed by atoms with E-state index in [1.165, 1.54) is 0 Å². The summed E-state index contributed by atoms with van der Waals surface area (Å²) in [5.74, 6) is 0.883. The van der Waals surface area contributed by atoms with Gasteiger partial charge in [-0.3, -0.25) is 9.78 Å². The molecule has 3 aromatic rings. The van der Waals surface area contributed by atoms with Gasteiger partial charge in [0, 0.05) is 36.1 Å². The van der Waals surface area contributed by atoms with Crippen LogP contribution in [0.4, 0.5) is 0 Å². The maximum atomic E-state index is 12.0. The van der Waals surface area contributed by atoms with Gasteiger partial charge in [-0.2, -0.15) is 0 Å². The highest BCUT2D eigenvalue weighted by atomic mass is 16.2. The average Bonchev–Trinajstić information content (AvgIpc) is 3.16. The fraction of sp³-hybridized carbons (Fsp3) is 0.235. The third kappa shape index (κ3) is 1.89. The number of fused-ring (bicyclic) bond motifs is 1. The number of aryl methyl sites for hydroxylation is 1. The van der Waals surface area contributed by atoms with Crippen molar-refractivity contribution in [2.45, 2.75) is 19.4 Å². The second-order valence-corrected chi connectivity index (χ2v) is 5.58. The highest BCUT2D eigenvalue weighted by Gasteiger charge is 2.28. The van der Waals surface area contributed by atoms with Crippen molar-refractivity contribution in [2.24, 2.45) is 0 Å². The lowest BCUT2D eigenvalue weighted by Crippen LogP contribution is -2.22. The van der Waals surface area contributed by atoms with E-state index in [9.17, 15) is 4.79 Å². The second-order valence-electron chi connectivity index (χ2n) is 5.58. The van der Waals surface area contributed by atoms with Gasteiger partial charge in [0.15, 0.2) is 0 Å². The number of aromatic nitrogens is 3. The molecular formula is C17H16N4O. The Balaban J connectivity index is 1.92. The number of amides is 1. The minimum absolute atomic E-state index is 0.0637. The van der Waals surface area contributed by atoms with Crippen molar-refractivity contribution in [3.63, 3.8) is 0 Å². The normalized spacial score (nSPS) is 17.9. The standard InChI is InChI=1S/C17H16N4O/c1-11-4-5-13(12-3-2-7-18-15(11)12)16-19-9-10-21(16)14-6-8-20-17(14)22/h2-5,7,9-10,14H,6,8H2,1H3,(H,20,22). The van der Waals surface area contributed by atoms with Gasteiger partial charge in [0.25, 0.3) is 0 Å². The van der Waals surface area contributed by atoms with Gasteiger partial charge in [0.05, 0.1) is 5.52 Å². The van der Waals surface area contributed by atoms with Crippen LogP contribution >= 0.6 is 0 Å². The van der Waals surface area contributed by atoms with Crippen molar-refractivity contribution in [3.8, 4) is 11.4 Å². The Morgan fingerprint density at radius 1 is 1.23 bits per heavy atom. The third-order valence-corrected chi connectivity index (χ3v) is 4.24. The Hall–Kier alpha value is -2.69. The molecule has 1 N–H and O–H groups in total. The van der Waals surface area contributed by atoms with Crippen LogP contribution in [0.5, 0.6) is 0 Å². The fourth-order valence-corrected chi connectivity index (χ4v) is 3.13. The molecule has 1 atom stereocenters. The van der Waals surface area contributed by atoms with Crippen molar-refractivity contribution in [2.75, 3.05) is 6.54 Å². The molecule has 1 fully saturated rings. The van der Waals surface area contributed by atoms with Gasteiger partial charge in [-0.25, -0.2) is 4.98 Å². The number of nitrogens with one attached hydrogen (secondary N) is 1. The summed E-state index contributed by atoms with van der Waals surface area (Å²) in [5, 5.41) is 3.95. The number of benzene rings is 1. The number of nitrogens with zero attached hydrogens (tertiary/aromatic N) is 3. The molecule has 1 unspecified atom stereocenters. The van der Waals surface area contributed by atoms with E-state index in [0.717, 1.165) is 40.8 Å². The number of hydrogen-bond acceptors (Lipinski definition) is 3. The van der Waals surface area contributed by atoms with Crippen LogP contribution in [0.15, 0.2) is 42.9 Å². The van der Waals surface area contributed by atoms with Crippen LogP contribution in [0, 0.1) is 6.92 Å². The first-order chi connectivity index (χ1) is 10.8. The number of carbonyl (C=O) groups is 1. The Labute approximate surface area is 128 Å². The van der Waals surface area contributed by atoms with Crippen molar-refractivity contribution in [1.29, 1.82) is 0 Å². The molecule has 2 aromatic heterocycles. The molecule has 0 saturated carbocycles. The van der Waals surface area contributed by atoms with Gasteiger partial charge in [0.2, 0.25) is 5.91 Å². The van der Waals surface area contributed by atoms with E-state index in [0.29, 0.717) is 0 Å². The molecule has 5 heteroatoms. The topological polar surface area (TPSA) is 59.8 Å². The number of rotatable bonds is 2. The van der Waals surface area contributed by atoms with Gasteiger partial charge >= 0.3 is 0 Å². The van der Waals surface area contributed by atoms with E-state index in [2.05, 4.69) is 40.4 Å². The lowest BCUT2D eigenvalue weighted by atomic mass is 10.0. The van der Waals surface area contributed by atoms with Crippen molar-refractivity contribution < 1.29 is 4.79 Å². The van der Waals surface area contributed by atoms with Crippen molar-refractivity contribution in [3.05, 3.63) is 48.4 Å². The van der Waals surface area contributed by atoms with Crippen LogP contribution in [-0.4, -0.2) is 27.0 Å². The zero-order valence-corrected chi connectivity index (χ0v) is 12.3. The average molecular weight is 292 g/mol. The Morgan fingerprint density at radius 3 is 2.95 bits per heavy atom. The Bertz CT molecular complexity index is 868. The van der Waals surface area contributed by atoms with Crippen molar-refractivity contribution in [1.82, 2.24) is 19.9 Å². The fourth-order valence-electron chi connectivity index (χ4n) is 3.13. The summed E-state index contributed by atoms with van der Waals surface area (Å²) in [6.07, 6.45) is 6.23. The first-order valence-corrected chi connectivity index (χ1v) is 7.41. The highest BCUT2D eigenvalue weighted by molar-refractivity contribution is 5.95. The van der Waals surface area contributed by atoms with E-state index >= 15 is 0 Å². The van der Waals surface area contributed by atoms with Gasteiger partial charge in [-0.15, -0.1) is 0 Å². The van der Waals surface area contributed by atoms with E-state index in [1.807, 2.05) is 16.8 Å². The van der Waals surface area contributed by atoms with E-state index in [1.54, 1.807) is 12.4 Å². The molecule has 1 aliphatic heterocycles. The number of pyridine rings is 1. The Morgan fingerprint density at radius 2 is 2.14 bits per heavy atom. The molecule has 110 valence electrons. The molecule has 0 bridgehead atoms. The molecule has 1 amide bonds. The molecule has 1 aromatic carbocycles. The summed E-state index contributed by atoms with van der Waals surface area (Å²) in [6, 6.07) is 7.92. The van der Waals surface area contributed by atoms with Gasteiger partial charge in [0.1, 0.15) is 11.9 Å². The van der Waals surface area contributed by atoms with Crippen LogP contribution in [-0.2, 0) is 4.79 Å². The molecular weight excluding hydrogens is 276 g/mol. The zero-order valence-electron chi connectivity index (χ0n) is 12.3. The molecule has 0 spiro atoms. The van der Waals surface area contributed by atoms with Crippen LogP contribution in [0.2, 0.25) is 0 Å². The number of hydrogen-bond donors (Lipinski definition) is 1. The zero-order chi connectivity index (χ0) is 15.1. The van der Waals surface area contributed by atoms with Crippen LogP contribution in [0.3, 0.4) is 0 Å². The number of imidazole rings is 1. The molecule has 0 aliphatic carbocycles. The smallest absolute Gasteiger partial charge is 0.243 e. The first kappa shape index (κ1) is 13.0. The molecule has 1 saturated heterocycles. The summed E-state index contributed by atoms with van der Waals surface area (Å²) in [5.41, 5.74) is 3.12. The summed E-state index contributed by atoms with van der Waals surface area (Å²) in [7, 11) is 0. The quantitative estimate of drug-likeness (QED) is 0.789. The van der Waals surface area contributed by atoms with E-state index in [4.69, 9.17) is 0 Å². The molecule has 0 radical (unpaired) electrons. The third-order valence-electron chi connectivity index (χ3n) is 4.24. The summed E-state index contributed by atoms with van der Waals surface area (Å²) in [4.78, 5) is 21.0. The SMILES string of the molecule is Cc1ccc(-c2nccn2C2CCNC2=O)c2cccnc12. The highest BCUT2D eigenvalue weighted by Crippen LogP contribution is 2.31. The summed E-state index contributed by atoms with van der Waals surface area (Å²) in [6.45, 7) is 2.77. The summed E-state index contributed by atoms with van der Waals surface area (Å²) >= 11 is 0. The number of carbonyl (C=O) groups excluding carboxylic acids is 1. The molecule has 3 heterocycles. The Kier molecular flexibility index (Phi) is 2.92. The van der Waals surface area contributed by atoms with Gasteiger partial charge in [-0.1, -0.05) is 18.2 Å². The maximum Gasteiger partial charge on any atom is 0.243 e. The molecule has 4 rings (SSSR count). The molecule has 22 heavy (non-hydrogen) atoms. The van der Waals surface area contributed by atoms with Gasteiger partial charge in [-0.05, 0) is 25.0 Å². The molecule has 5 nitrogen and oxygen atoms in total. The predicted molar refractivity (Wildman–Crippen MR) is 84.4 cm³/mol. The molecule has 1 aliphatic rings. The lowest BCUT2D eigenvalue weighted by Gasteiger charge is -2.14. The largest absolute Gasteiger partial charge is 0.354 e. The second kappa shape index (κ2) is 4.94.